The standard InChI is InChI=1S/C20H23N3O2/c1-4-17-19(20(24)21-13-16-7-6-12-25-16)18(5-2)23(22-17)15-10-8-14(3)9-11-15/h6-12H,4-5,13H2,1-3H3,(H,21,24). The van der Waals surface area contributed by atoms with Crippen LogP contribution in [0.1, 0.15) is 46.9 Å². The molecule has 0 saturated heterocycles. The number of amides is 1. The first-order chi connectivity index (χ1) is 12.1. The average Bonchev–Trinajstić information content (AvgIpc) is 3.27. The second kappa shape index (κ2) is 7.38. The fourth-order valence-electron chi connectivity index (χ4n) is 2.91. The van der Waals surface area contributed by atoms with Crippen LogP contribution in [0.2, 0.25) is 0 Å². The van der Waals surface area contributed by atoms with E-state index >= 15 is 0 Å². The third-order valence-corrected chi connectivity index (χ3v) is 4.23. The molecule has 5 nitrogen and oxygen atoms in total. The van der Waals surface area contributed by atoms with Crippen molar-refractivity contribution in [2.24, 2.45) is 0 Å². The summed E-state index contributed by atoms with van der Waals surface area (Å²) in [6.07, 6.45) is 3.03. The van der Waals surface area contributed by atoms with Gasteiger partial charge in [0.1, 0.15) is 5.76 Å². The van der Waals surface area contributed by atoms with Gasteiger partial charge in [0, 0.05) is 0 Å². The van der Waals surface area contributed by atoms with Crippen molar-refractivity contribution in [3.8, 4) is 5.69 Å². The van der Waals surface area contributed by atoms with Gasteiger partial charge in [-0.15, -0.1) is 0 Å². The Labute approximate surface area is 147 Å². The number of hydrogen-bond acceptors (Lipinski definition) is 3. The van der Waals surface area contributed by atoms with E-state index in [1.54, 1.807) is 6.26 Å². The van der Waals surface area contributed by atoms with E-state index in [9.17, 15) is 4.79 Å². The molecule has 0 aliphatic carbocycles. The molecule has 1 amide bonds. The first-order valence-corrected chi connectivity index (χ1v) is 8.62. The lowest BCUT2D eigenvalue weighted by Crippen LogP contribution is -2.24. The van der Waals surface area contributed by atoms with Gasteiger partial charge in [-0.2, -0.15) is 5.10 Å². The predicted molar refractivity (Wildman–Crippen MR) is 96.9 cm³/mol. The SMILES string of the molecule is CCc1nn(-c2ccc(C)cc2)c(CC)c1C(=O)NCc1ccco1. The van der Waals surface area contributed by atoms with E-state index in [-0.39, 0.29) is 5.91 Å². The van der Waals surface area contributed by atoms with Crippen molar-refractivity contribution in [2.75, 3.05) is 0 Å². The van der Waals surface area contributed by atoms with Crippen LogP contribution in [0.25, 0.3) is 5.69 Å². The third kappa shape index (κ3) is 3.50. The van der Waals surface area contributed by atoms with Gasteiger partial charge in [0.25, 0.3) is 5.91 Å². The number of hydrogen-bond donors (Lipinski definition) is 1. The number of carbonyl (C=O) groups excluding carboxylic acids is 1. The van der Waals surface area contributed by atoms with Crippen LogP contribution < -0.4 is 5.32 Å². The van der Waals surface area contributed by atoms with Crippen LogP contribution in [0.5, 0.6) is 0 Å². The Morgan fingerprint density at radius 1 is 1.16 bits per heavy atom. The largest absolute Gasteiger partial charge is 0.467 e. The zero-order valence-corrected chi connectivity index (χ0v) is 14.9. The van der Waals surface area contributed by atoms with Crippen molar-refractivity contribution >= 4 is 5.91 Å². The molecule has 3 rings (SSSR count). The predicted octanol–water partition coefficient (Wildman–Crippen LogP) is 3.83. The highest BCUT2D eigenvalue weighted by Crippen LogP contribution is 2.21. The summed E-state index contributed by atoms with van der Waals surface area (Å²) >= 11 is 0. The van der Waals surface area contributed by atoms with E-state index in [1.165, 1.54) is 5.56 Å². The number of benzene rings is 1. The fraction of sp³-hybridized carbons (Fsp3) is 0.300. The highest BCUT2D eigenvalue weighted by molar-refractivity contribution is 5.96. The monoisotopic (exact) mass is 337 g/mol. The quantitative estimate of drug-likeness (QED) is 0.744. The molecule has 0 aliphatic rings. The molecule has 5 heteroatoms. The van der Waals surface area contributed by atoms with Gasteiger partial charge in [0.15, 0.2) is 0 Å². The maximum Gasteiger partial charge on any atom is 0.255 e. The van der Waals surface area contributed by atoms with Crippen molar-refractivity contribution < 1.29 is 9.21 Å². The molecule has 2 heterocycles. The molecule has 0 aliphatic heterocycles. The van der Waals surface area contributed by atoms with Gasteiger partial charge in [-0.05, 0) is 44.0 Å². The molecule has 3 aromatic rings. The molecule has 2 aromatic heterocycles. The van der Waals surface area contributed by atoms with Crippen LogP contribution in [0.4, 0.5) is 0 Å². The lowest BCUT2D eigenvalue weighted by molar-refractivity contribution is 0.0946. The van der Waals surface area contributed by atoms with Crippen LogP contribution in [-0.2, 0) is 19.4 Å². The first-order valence-electron chi connectivity index (χ1n) is 8.62. The van der Waals surface area contributed by atoms with Crippen LogP contribution in [0.15, 0.2) is 47.1 Å². The summed E-state index contributed by atoms with van der Waals surface area (Å²) < 4.78 is 7.17. The van der Waals surface area contributed by atoms with Crippen molar-refractivity contribution in [2.45, 2.75) is 40.2 Å². The Bertz CT molecular complexity index is 846. The normalized spacial score (nSPS) is 10.8. The smallest absolute Gasteiger partial charge is 0.255 e. The van der Waals surface area contributed by atoms with Crippen LogP contribution >= 0.6 is 0 Å². The summed E-state index contributed by atoms with van der Waals surface area (Å²) in [5.74, 6) is 0.624. The maximum absolute atomic E-state index is 12.8. The highest BCUT2D eigenvalue weighted by Gasteiger charge is 2.22. The van der Waals surface area contributed by atoms with Crippen LogP contribution in [0, 0.1) is 6.92 Å². The Kier molecular flexibility index (Phi) is 5.03. The molecule has 0 bridgehead atoms. The second-order valence-electron chi connectivity index (χ2n) is 5.98. The van der Waals surface area contributed by atoms with Gasteiger partial charge in [-0.25, -0.2) is 4.68 Å². The maximum atomic E-state index is 12.8. The van der Waals surface area contributed by atoms with E-state index in [0.717, 1.165) is 29.3 Å². The molecule has 0 fully saturated rings. The average molecular weight is 337 g/mol. The van der Waals surface area contributed by atoms with Gasteiger partial charge in [-0.1, -0.05) is 31.5 Å². The van der Waals surface area contributed by atoms with E-state index < -0.39 is 0 Å². The van der Waals surface area contributed by atoms with E-state index in [0.29, 0.717) is 18.5 Å². The van der Waals surface area contributed by atoms with E-state index in [2.05, 4.69) is 24.4 Å². The molecule has 0 spiro atoms. The molecule has 0 atom stereocenters. The molecular formula is C20H23N3O2. The number of aromatic nitrogens is 2. The first kappa shape index (κ1) is 17.0. The van der Waals surface area contributed by atoms with E-state index in [4.69, 9.17) is 9.52 Å². The number of furan rings is 1. The topological polar surface area (TPSA) is 60.1 Å². The molecule has 25 heavy (non-hydrogen) atoms. The van der Waals surface area contributed by atoms with Crippen molar-refractivity contribution in [1.82, 2.24) is 15.1 Å². The van der Waals surface area contributed by atoms with Gasteiger partial charge < -0.3 is 9.73 Å². The summed E-state index contributed by atoms with van der Waals surface area (Å²) in [4.78, 5) is 12.8. The molecule has 0 unspecified atom stereocenters. The summed E-state index contributed by atoms with van der Waals surface area (Å²) in [6, 6.07) is 11.8. The number of carbonyl (C=O) groups is 1. The molecule has 0 saturated carbocycles. The van der Waals surface area contributed by atoms with Gasteiger partial charge >= 0.3 is 0 Å². The zero-order valence-electron chi connectivity index (χ0n) is 14.9. The van der Waals surface area contributed by atoms with Gasteiger partial charge in [-0.3, -0.25) is 4.79 Å². The number of nitrogens with zero attached hydrogens (tertiary/aromatic N) is 2. The minimum absolute atomic E-state index is 0.108. The number of rotatable bonds is 6. The summed E-state index contributed by atoms with van der Waals surface area (Å²) in [5, 5.41) is 7.64. The lowest BCUT2D eigenvalue weighted by atomic mass is 10.1. The molecule has 1 aromatic carbocycles. The number of aryl methyl sites for hydroxylation is 2. The molecular weight excluding hydrogens is 314 g/mol. The second-order valence-corrected chi connectivity index (χ2v) is 5.98. The van der Waals surface area contributed by atoms with Crippen LogP contribution in [-0.4, -0.2) is 15.7 Å². The summed E-state index contributed by atoms with van der Waals surface area (Å²) in [5.41, 5.74) is 4.59. The Morgan fingerprint density at radius 2 is 1.92 bits per heavy atom. The molecule has 0 radical (unpaired) electrons. The van der Waals surface area contributed by atoms with Gasteiger partial charge in [0.2, 0.25) is 0 Å². The summed E-state index contributed by atoms with van der Waals surface area (Å²) in [6.45, 7) is 6.49. The molecule has 1 N–H and O–H groups in total. The van der Waals surface area contributed by atoms with E-state index in [1.807, 2.05) is 42.8 Å². The number of nitrogens with one attached hydrogen (secondary N) is 1. The highest BCUT2D eigenvalue weighted by atomic mass is 16.3. The Balaban J connectivity index is 1.94. The minimum atomic E-state index is -0.108. The van der Waals surface area contributed by atoms with Crippen molar-refractivity contribution in [3.63, 3.8) is 0 Å². The van der Waals surface area contributed by atoms with Crippen molar-refractivity contribution in [1.29, 1.82) is 0 Å². The van der Waals surface area contributed by atoms with Crippen molar-refractivity contribution in [3.05, 3.63) is 70.9 Å². The Morgan fingerprint density at radius 3 is 2.52 bits per heavy atom. The lowest BCUT2D eigenvalue weighted by Gasteiger charge is -2.08. The minimum Gasteiger partial charge on any atom is -0.467 e. The van der Waals surface area contributed by atoms with Gasteiger partial charge in [0.05, 0.1) is 35.4 Å². The fourth-order valence-corrected chi connectivity index (χ4v) is 2.91. The summed E-state index contributed by atoms with van der Waals surface area (Å²) in [7, 11) is 0. The Hall–Kier alpha value is -2.82. The third-order valence-electron chi connectivity index (χ3n) is 4.23. The molecule has 130 valence electrons. The van der Waals surface area contributed by atoms with Crippen LogP contribution in [0.3, 0.4) is 0 Å². The zero-order chi connectivity index (χ0) is 17.8.